The molecule has 10 heteroatoms. The lowest BCUT2D eigenvalue weighted by Crippen LogP contribution is -2.26. The van der Waals surface area contributed by atoms with Crippen molar-refractivity contribution in [2.75, 3.05) is 11.4 Å². The highest BCUT2D eigenvalue weighted by Crippen LogP contribution is 2.26. The minimum Gasteiger partial charge on any atom is -0.427 e. The number of hydrogen-bond donors (Lipinski definition) is 0. The molecule has 0 radical (unpaired) electrons. The molecule has 0 bridgehead atoms. The summed E-state index contributed by atoms with van der Waals surface area (Å²) < 4.78 is 37.7. The number of thiophene rings is 1. The van der Waals surface area contributed by atoms with Gasteiger partial charge in [-0.15, -0.1) is 11.3 Å². The van der Waals surface area contributed by atoms with Crippen molar-refractivity contribution in [1.82, 2.24) is 10.1 Å². The molecule has 176 valence electrons. The molecule has 0 fully saturated rings. The molecule has 0 saturated carbocycles. The van der Waals surface area contributed by atoms with Crippen molar-refractivity contribution in [3.63, 3.8) is 0 Å². The summed E-state index contributed by atoms with van der Waals surface area (Å²) in [4.78, 5) is 17.6. The van der Waals surface area contributed by atoms with E-state index in [1.165, 1.54) is 22.7 Å². The maximum absolute atomic E-state index is 13.0. The van der Waals surface area contributed by atoms with Gasteiger partial charge in [0.2, 0.25) is 11.7 Å². The third kappa shape index (κ3) is 5.18. The Labute approximate surface area is 201 Å². The number of nitrogens with zero attached hydrogens (tertiary/aromatic N) is 3. The van der Waals surface area contributed by atoms with Gasteiger partial charge in [0, 0.05) is 13.5 Å². The van der Waals surface area contributed by atoms with E-state index in [1.54, 1.807) is 42.5 Å². The van der Waals surface area contributed by atoms with Crippen LogP contribution >= 0.6 is 11.3 Å². The first-order chi connectivity index (χ1) is 16.2. The molecule has 2 heterocycles. The van der Waals surface area contributed by atoms with Crippen LogP contribution in [0, 0.1) is 13.8 Å². The number of ether oxygens (including phenoxy) is 1. The predicted molar refractivity (Wildman–Crippen MR) is 130 cm³/mol. The molecule has 2 aromatic carbocycles. The molecule has 0 unspecified atom stereocenters. The van der Waals surface area contributed by atoms with Gasteiger partial charge in [0.1, 0.15) is 5.75 Å². The summed E-state index contributed by atoms with van der Waals surface area (Å²) in [5, 5.41) is 5.84. The van der Waals surface area contributed by atoms with Gasteiger partial charge < -0.3 is 9.26 Å². The number of anilines is 1. The lowest BCUT2D eigenvalue weighted by molar-refractivity contribution is -0.134. The highest BCUT2D eigenvalue weighted by atomic mass is 32.2. The maximum Gasteiger partial charge on any atom is 0.311 e. The van der Waals surface area contributed by atoms with Crippen LogP contribution in [0.25, 0.3) is 10.7 Å². The van der Waals surface area contributed by atoms with E-state index in [-0.39, 0.29) is 17.7 Å². The van der Waals surface area contributed by atoms with E-state index in [0.29, 0.717) is 23.2 Å². The van der Waals surface area contributed by atoms with Crippen molar-refractivity contribution in [3.8, 4) is 16.5 Å². The fourth-order valence-corrected chi connectivity index (χ4v) is 5.08. The van der Waals surface area contributed by atoms with Crippen molar-refractivity contribution < 1.29 is 22.5 Å². The van der Waals surface area contributed by atoms with Crippen molar-refractivity contribution in [1.29, 1.82) is 0 Å². The van der Waals surface area contributed by atoms with Gasteiger partial charge in [-0.05, 0) is 72.8 Å². The Morgan fingerprint density at radius 1 is 1.09 bits per heavy atom. The molecule has 0 aliphatic heterocycles. The molecule has 0 spiro atoms. The molecular weight excluding hydrogens is 474 g/mol. The van der Waals surface area contributed by atoms with Crippen LogP contribution in [-0.2, 0) is 21.2 Å². The largest absolute Gasteiger partial charge is 0.427 e. The number of aryl methyl sites for hydroxylation is 3. The Balaban J connectivity index is 1.35. The third-order valence-corrected chi connectivity index (χ3v) is 7.97. The summed E-state index contributed by atoms with van der Waals surface area (Å²) in [5.74, 6) is 0.706. The van der Waals surface area contributed by atoms with Gasteiger partial charge in [-0.3, -0.25) is 9.10 Å². The van der Waals surface area contributed by atoms with Gasteiger partial charge in [-0.2, -0.15) is 4.98 Å². The average molecular weight is 498 g/mol. The highest BCUT2D eigenvalue weighted by Gasteiger charge is 2.22. The predicted octanol–water partition coefficient (Wildman–Crippen LogP) is 4.78. The van der Waals surface area contributed by atoms with Crippen molar-refractivity contribution in [2.45, 2.75) is 31.6 Å². The first-order valence-electron chi connectivity index (χ1n) is 10.5. The van der Waals surface area contributed by atoms with Crippen LogP contribution in [0.2, 0.25) is 0 Å². The molecular formula is C24H23N3O5S2. The number of aromatic nitrogens is 2. The quantitative estimate of drug-likeness (QED) is 0.255. The van der Waals surface area contributed by atoms with Crippen LogP contribution in [0.5, 0.6) is 5.75 Å². The maximum atomic E-state index is 13.0. The van der Waals surface area contributed by atoms with E-state index in [0.717, 1.165) is 16.0 Å². The molecule has 0 atom stereocenters. The lowest BCUT2D eigenvalue weighted by atomic mass is 10.1. The van der Waals surface area contributed by atoms with Crippen LogP contribution in [0.1, 0.15) is 23.4 Å². The summed E-state index contributed by atoms with van der Waals surface area (Å²) >= 11 is 1.50. The van der Waals surface area contributed by atoms with Gasteiger partial charge in [0.15, 0.2) is 0 Å². The SMILES string of the molecule is Cc1ccc(S(=O)(=O)N(C)c2ccc(OC(=O)CCc3nc(-c4cccs4)no3)cc2)cc1C. The summed E-state index contributed by atoms with van der Waals surface area (Å²) in [6.45, 7) is 3.80. The highest BCUT2D eigenvalue weighted by molar-refractivity contribution is 7.92. The molecule has 8 nitrogen and oxygen atoms in total. The number of carbonyl (C=O) groups is 1. The second-order valence-electron chi connectivity index (χ2n) is 7.68. The fraction of sp³-hybridized carbons (Fsp3) is 0.208. The lowest BCUT2D eigenvalue weighted by Gasteiger charge is -2.20. The molecule has 34 heavy (non-hydrogen) atoms. The van der Waals surface area contributed by atoms with E-state index >= 15 is 0 Å². The zero-order valence-corrected chi connectivity index (χ0v) is 20.5. The first kappa shape index (κ1) is 23.7. The Kier molecular flexibility index (Phi) is 6.80. The van der Waals surface area contributed by atoms with Gasteiger partial charge >= 0.3 is 5.97 Å². The number of benzene rings is 2. The van der Waals surface area contributed by atoms with E-state index in [4.69, 9.17) is 9.26 Å². The topological polar surface area (TPSA) is 103 Å². The summed E-state index contributed by atoms with van der Waals surface area (Å²) in [5.41, 5.74) is 2.37. The van der Waals surface area contributed by atoms with Gasteiger partial charge in [-0.25, -0.2) is 8.42 Å². The zero-order chi connectivity index (χ0) is 24.3. The number of esters is 1. The van der Waals surface area contributed by atoms with E-state index in [1.807, 2.05) is 31.4 Å². The van der Waals surface area contributed by atoms with Crippen LogP contribution < -0.4 is 9.04 Å². The molecule has 0 aliphatic rings. The summed E-state index contributed by atoms with van der Waals surface area (Å²) in [6.07, 6.45) is 0.321. The van der Waals surface area contributed by atoms with Crippen LogP contribution in [0.3, 0.4) is 0 Å². The number of carbonyl (C=O) groups excluding carboxylic acids is 1. The van der Waals surface area contributed by atoms with E-state index in [9.17, 15) is 13.2 Å². The van der Waals surface area contributed by atoms with Crippen LogP contribution in [-0.4, -0.2) is 31.6 Å². The Hall–Kier alpha value is -3.50. The second kappa shape index (κ2) is 9.78. The molecule has 0 aliphatic carbocycles. The first-order valence-corrected chi connectivity index (χ1v) is 12.8. The van der Waals surface area contributed by atoms with Crippen molar-refractivity contribution in [3.05, 3.63) is 77.0 Å². The second-order valence-corrected chi connectivity index (χ2v) is 10.6. The minimum atomic E-state index is -3.72. The molecule has 4 rings (SSSR count). The standard InChI is InChI=1S/C24H23N3O5S2/c1-16-6-11-20(15-17(16)2)34(29,30)27(3)18-7-9-19(10-8-18)31-23(28)13-12-22-25-24(26-32-22)21-5-4-14-33-21/h4-11,14-15H,12-13H2,1-3H3. The Bertz CT molecular complexity index is 1390. The van der Waals surface area contributed by atoms with Crippen molar-refractivity contribution >= 4 is 33.0 Å². The van der Waals surface area contributed by atoms with Crippen LogP contribution in [0.15, 0.2) is 69.4 Å². The molecule has 0 N–H and O–H groups in total. The average Bonchev–Trinajstić information content (AvgIpc) is 3.51. The van der Waals surface area contributed by atoms with Gasteiger partial charge in [0.05, 0.1) is 21.9 Å². The normalized spacial score (nSPS) is 11.4. The molecule has 0 amide bonds. The van der Waals surface area contributed by atoms with Gasteiger partial charge in [0.25, 0.3) is 10.0 Å². The van der Waals surface area contributed by atoms with Gasteiger partial charge in [-0.1, -0.05) is 17.3 Å². The Morgan fingerprint density at radius 2 is 1.85 bits per heavy atom. The van der Waals surface area contributed by atoms with E-state index in [2.05, 4.69) is 10.1 Å². The zero-order valence-electron chi connectivity index (χ0n) is 18.9. The molecule has 2 aromatic heterocycles. The van der Waals surface area contributed by atoms with Crippen LogP contribution in [0.4, 0.5) is 5.69 Å². The Morgan fingerprint density at radius 3 is 2.53 bits per heavy atom. The smallest absolute Gasteiger partial charge is 0.311 e. The number of hydrogen-bond acceptors (Lipinski definition) is 8. The minimum absolute atomic E-state index is 0.0644. The molecule has 0 saturated heterocycles. The molecule has 4 aromatic rings. The summed E-state index contributed by atoms with van der Waals surface area (Å²) in [6, 6.07) is 15.1. The van der Waals surface area contributed by atoms with Crippen molar-refractivity contribution in [2.24, 2.45) is 0 Å². The van der Waals surface area contributed by atoms with E-state index < -0.39 is 16.0 Å². The third-order valence-electron chi connectivity index (χ3n) is 5.32. The monoisotopic (exact) mass is 497 g/mol. The number of rotatable bonds is 8. The fourth-order valence-electron chi connectivity index (χ4n) is 3.15. The number of sulfonamides is 1. The summed E-state index contributed by atoms with van der Waals surface area (Å²) in [7, 11) is -2.23.